The molecule has 0 spiro atoms. The first-order valence-corrected chi connectivity index (χ1v) is 7.21. The summed E-state index contributed by atoms with van der Waals surface area (Å²) < 4.78 is 11.0. The molecule has 4 nitrogen and oxygen atoms in total. The summed E-state index contributed by atoms with van der Waals surface area (Å²) in [4.78, 5) is 10.9. The van der Waals surface area contributed by atoms with Crippen LogP contribution in [0.3, 0.4) is 0 Å². The fourth-order valence-electron chi connectivity index (χ4n) is 2.54. The van der Waals surface area contributed by atoms with E-state index in [-0.39, 0.29) is 0 Å². The lowest BCUT2D eigenvalue weighted by molar-refractivity contribution is -0.131. The number of benzene rings is 2. The summed E-state index contributed by atoms with van der Waals surface area (Å²) in [5.74, 6) is 0.227. The van der Waals surface area contributed by atoms with Gasteiger partial charge in [-0.3, -0.25) is 0 Å². The van der Waals surface area contributed by atoms with Gasteiger partial charge in [-0.25, -0.2) is 4.79 Å². The SMILES string of the molecule is COc1cc(/C(C)=C/C(=O)O)cc(-c2ccccc2C)c1OC. The Labute approximate surface area is 136 Å². The van der Waals surface area contributed by atoms with Crippen LogP contribution in [0.1, 0.15) is 18.1 Å². The highest BCUT2D eigenvalue weighted by molar-refractivity contribution is 5.91. The smallest absolute Gasteiger partial charge is 0.328 e. The third kappa shape index (κ3) is 3.54. The first-order chi connectivity index (χ1) is 11.0. The monoisotopic (exact) mass is 312 g/mol. The first kappa shape index (κ1) is 16.6. The van der Waals surface area contributed by atoms with Crippen LogP contribution in [0.25, 0.3) is 16.7 Å². The van der Waals surface area contributed by atoms with Crippen molar-refractivity contribution in [1.29, 1.82) is 0 Å². The van der Waals surface area contributed by atoms with E-state index in [1.807, 2.05) is 37.3 Å². The van der Waals surface area contributed by atoms with Gasteiger partial charge >= 0.3 is 5.97 Å². The number of rotatable bonds is 5. The number of carbonyl (C=O) groups is 1. The molecule has 0 amide bonds. The molecule has 0 aliphatic carbocycles. The fraction of sp³-hybridized carbons (Fsp3) is 0.211. The van der Waals surface area contributed by atoms with Crippen LogP contribution in [0.2, 0.25) is 0 Å². The fourth-order valence-corrected chi connectivity index (χ4v) is 2.54. The van der Waals surface area contributed by atoms with E-state index in [4.69, 9.17) is 14.6 Å². The average Bonchev–Trinajstić information content (AvgIpc) is 2.53. The molecule has 0 aliphatic rings. The number of methoxy groups -OCH3 is 2. The lowest BCUT2D eigenvalue weighted by Crippen LogP contribution is -1.97. The molecule has 2 aromatic carbocycles. The molecule has 0 radical (unpaired) electrons. The zero-order chi connectivity index (χ0) is 17.0. The van der Waals surface area contributed by atoms with E-state index < -0.39 is 5.97 Å². The van der Waals surface area contributed by atoms with Crippen LogP contribution in [-0.4, -0.2) is 25.3 Å². The highest BCUT2D eigenvalue weighted by Gasteiger charge is 2.16. The highest BCUT2D eigenvalue weighted by Crippen LogP contribution is 2.41. The minimum Gasteiger partial charge on any atom is -0.493 e. The molecule has 4 heteroatoms. The van der Waals surface area contributed by atoms with E-state index in [0.717, 1.165) is 22.3 Å². The van der Waals surface area contributed by atoms with E-state index >= 15 is 0 Å². The predicted molar refractivity (Wildman–Crippen MR) is 91.0 cm³/mol. The van der Waals surface area contributed by atoms with Gasteiger partial charge in [0.2, 0.25) is 0 Å². The lowest BCUT2D eigenvalue weighted by atomic mass is 9.95. The van der Waals surface area contributed by atoms with Crippen molar-refractivity contribution in [2.24, 2.45) is 0 Å². The van der Waals surface area contributed by atoms with Crippen molar-refractivity contribution in [2.75, 3.05) is 14.2 Å². The van der Waals surface area contributed by atoms with Crippen molar-refractivity contribution in [1.82, 2.24) is 0 Å². The number of ether oxygens (including phenoxy) is 2. The molecule has 0 unspecified atom stereocenters. The molecule has 0 fully saturated rings. The zero-order valence-corrected chi connectivity index (χ0v) is 13.7. The van der Waals surface area contributed by atoms with Crippen LogP contribution in [0.15, 0.2) is 42.5 Å². The topological polar surface area (TPSA) is 55.8 Å². The summed E-state index contributed by atoms with van der Waals surface area (Å²) in [6, 6.07) is 11.7. The summed E-state index contributed by atoms with van der Waals surface area (Å²) in [5.41, 5.74) is 4.42. The van der Waals surface area contributed by atoms with Crippen molar-refractivity contribution >= 4 is 11.5 Å². The Morgan fingerprint density at radius 2 is 1.78 bits per heavy atom. The normalized spacial score (nSPS) is 11.2. The summed E-state index contributed by atoms with van der Waals surface area (Å²) in [5, 5.41) is 8.97. The van der Waals surface area contributed by atoms with Crippen molar-refractivity contribution in [3.05, 3.63) is 53.6 Å². The summed E-state index contributed by atoms with van der Waals surface area (Å²) in [6.07, 6.45) is 1.18. The molecule has 2 aromatic rings. The molecular formula is C19H20O4. The standard InChI is InChI=1S/C19H20O4/c1-12-7-5-6-8-15(12)16-10-14(13(2)9-18(20)21)11-17(22-3)19(16)23-4/h5-11H,1-4H3,(H,20,21)/b13-9+. The Morgan fingerprint density at radius 3 is 2.35 bits per heavy atom. The van der Waals surface area contributed by atoms with E-state index in [2.05, 4.69) is 0 Å². The number of allylic oxidation sites excluding steroid dienone is 1. The lowest BCUT2D eigenvalue weighted by Gasteiger charge is -2.17. The second kappa shape index (κ2) is 7.01. The largest absolute Gasteiger partial charge is 0.493 e. The Morgan fingerprint density at radius 1 is 1.09 bits per heavy atom. The summed E-state index contributed by atoms with van der Waals surface area (Å²) in [7, 11) is 3.17. The van der Waals surface area contributed by atoms with E-state index in [1.165, 1.54) is 6.08 Å². The summed E-state index contributed by atoms with van der Waals surface area (Å²) >= 11 is 0. The third-order valence-corrected chi connectivity index (χ3v) is 3.71. The molecule has 0 saturated heterocycles. The Bertz CT molecular complexity index is 760. The van der Waals surface area contributed by atoms with Crippen LogP contribution in [-0.2, 0) is 4.79 Å². The second-order valence-electron chi connectivity index (χ2n) is 5.24. The van der Waals surface area contributed by atoms with E-state index in [1.54, 1.807) is 27.2 Å². The Kier molecular flexibility index (Phi) is 5.06. The number of aliphatic carboxylic acids is 1. The van der Waals surface area contributed by atoms with Crippen molar-refractivity contribution < 1.29 is 19.4 Å². The molecular weight excluding hydrogens is 292 g/mol. The molecule has 0 heterocycles. The molecule has 120 valence electrons. The van der Waals surface area contributed by atoms with E-state index in [0.29, 0.717) is 17.1 Å². The Balaban J connectivity index is 2.74. The van der Waals surface area contributed by atoms with Crippen molar-refractivity contribution in [3.63, 3.8) is 0 Å². The van der Waals surface area contributed by atoms with Gasteiger partial charge in [0, 0.05) is 11.6 Å². The van der Waals surface area contributed by atoms with Crippen LogP contribution in [0, 0.1) is 6.92 Å². The van der Waals surface area contributed by atoms with Gasteiger partial charge in [0.25, 0.3) is 0 Å². The maximum Gasteiger partial charge on any atom is 0.328 e. The molecule has 0 aromatic heterocycles. The van der Waals surface area contributed by atoms with Crippen LogP contribution < -0.4 is 9.47 Å². The van der Waals surface area contributed by atoms with Crippen molar-refractivity contribution in [3.8, 4) is 22.6 Å². The van der Waals surface area contributed by atoms with Crippen molar-refractivity contribution in [2.45, 2.75) is 13.8 Å². The molecule has 23 heavy (non-hydrogen) atoms. The van der Waals surface area contributed by atoms with Gasteiger partial charge in [-0.05, 0) is 48.2 Å². The zero-order valence-electron chi connectivity index (χ0n) is 13.7. The molecule has 0 aliphatic heterocycles. The second-order valence-corrected chi connectivity index (χ2v) is 5.24. The Hall–Kier alpha value is -2.75. The maximum absolute atomic E-state index is 10.9. The minimum atomic E-state index is -0.977. The van der Waals surface area contributed by atoms with Crippen LogP contribution in [0.4, 0.5) is 0 Å². The minimum absolute atomic E-state index is 0.571. The van der Waals surface area contributed by atoms with Gasteiger partial charge in [-0.2, -0.15) is 0 Å². The number of aryl methyl sites for hydroxylation is 1. The average molecular weight is 312 g/mol. The van der Waals surface area contributed by atoms with Gasteiger partial charge in [-0.1, -0.05) is 24.3 Å². The maximum atomic E-state index is 10.9. The third-order valence-electron chi connectivity index (χ3n) is 3.71. The van der Waals surface area contributed by atoms with Crippen LogP contribution in [0.5, 0.6) is 11.5 Å². The van der Waals surface area contributed by atoms with Gasteiger partial charge in [0.1, 0.15) is 0 Å². The molecule has 0 bridgehead atoms. The molecule has 1 N–H and O–H groups in total. The van der Waals surface area contributed by atoms with Gasteiger partial charge in [0.15, 0.2) is 11.5 Å². The quantitative estimate of drug-likeness (QED) is 0.842. The number of carboxylic acid groups (broad SMARTS) is 1. The number of hydrogen-bond donors (Lipinski definition) is 1. The first-order valence-electron chi connectivity index (χ1n) is 7.21. The molecule has 2 rings (SSSR count). The van der Waals surface area contributed by atoms with Gasteiger partial charge in [-0.15, -0.1) is 0 Å². The predicted octanol–water partition coefficient (Wildman–Crippen LogP) is 4.17. The molecule has 0 atom stereocenters. The highest BCUT2D eigenvalue weighted by atomic mass is 16.5. The van der Waals surface area contributed by atoms with Gasteiger partial charge < -0.3 is 14.6 Å². The summed E-state index contributed by atoms with van der Waals surface area (Å²) in [6.45, 7) is 3.78. The van der Waals surface area contributed by atoms with E-state index in [9.17, 15) is 4.79 Å². The number of hydrogen-bond acceptors (Lipinski definition) is 3. The van der Waals surface area contributed by atoms with Crippen LogP contribution >= 0.6 is 0 Å². The number of carboxylic acids is 1. The van der Waals surface area contributed by atoms with Gasteiger partial charge in [0.05, 0.1) is 14.2 Å². The molecule has 0 saturated carbocycles.